The maximum absolute atomic E-state index is 13.3. The summed E-state index contributed by atoms with van der Waals surface area (Å²) in [5.74, 6) is -0.298. The fraction of sp³-hybridized carbons (Fsp3) is 0.200. The quantitative estimate of drug-likeness (QED) is 0.802. The first-order valence-corrected chi connectivity index (χ1v) is 7.21. The number of nitrogens with one attached hydrogen (secondary N) is 1. The molecule has 0 radical (unpaired) electrons. The molecule has 106 valence electrons. The second-order valence-corrected chi connectivity index (χ2v) is 5.68. The van der Waals surface area contributed by atoms with Gasteiger partial charge in [-0.2, -0.15) is 0 Å². The number of halogens is 4. The second kappa shape index (κ2) is 6.77. The SMILES string of the molecule is CNC(Cc1cc(F)ccc1Cl)c1ccc(Cl)c(Cl)c1. The van der Waals surface area contributed by atoms with Crippen LogP contribution in [-0.2, 0) is 6.42 Å². The molecule has 0 bridgehead atoms. The molecular weight excluding hydrogens is 320 g/mol. The van der Waals surface area contributed by atoms with Gasteiger partial charge in [-0.05, 0) is 54.9 Å². The van der Waals surface area contributed by atoms with Gasteiger partial charge in [0.05, 0.1) is 10.0 Å². The Bertz CT molecular complexity index is 616. The fourth-order valence-electron chi connectivity index (χ4n) is 2.04. The van der Waals surface area contributed by atoms with Crippen molar-refractivity contribution >= 4 is 34.8 Å². The third-order valence-corrected chi connectivity index (χ3v) is 4.23. The lowest BCUT2D eigenvalue weighted by Crippen LogP contribution is -2.19. The highest BCUT2D eigenvalue weighted by Crippen LogP contribution is 2.29. The summed E-state index contributed by atoms with van der Waals surface area (Å²) in [6.07, 6.45) is 0.561. The van der Waals surface area contributed by atoms with Gasteiger partial charge in [-0.25, -0.2) is 4.39 Å². The minimum absolute atomic E-state index is 0.0240. The lowest BCUT2D eigenvalue weighted by Gasteiger charge is -2.18. The summed E-state index contributed by atoms with van der Waals surface area (Å²) < 4.78 is 13.3. The van der Waals surface area contributed by atoms with Gasteiger partial charge in [-0.3, -0.25) is 0 Å². The van der Waals surface area contributed by atoms with E-state index in [1.807, 2.05) is 13.1 Å². The largest absolute Gasteiger partial charge is 0.313 e. The maximum Gasteiger partial charge on any atom is 0.123 e. The van der Waals surface area contributed by atoms with Gasteiger partial charge in [0.25, 0.3) is 0 Å². The Labute approximate surface area is 132 Å². The zero-order valence-electron chi connectivity index (χ0n) is 10.8. The van der Waals surface area contributed by atoms with Gasteiger partial charge in [0.1, 0.15) is 5.82 Å². The molecule has 0 fully saturated rings. The first-order valence-electron chi connectivity index (χ1n) is 6.07. The van der Waals surface area contributed by atoms with E-state index < -0.39 is 0 Å². The number of hydrogen-bond donors (Lipinski definition) is 1. The van der Waals surface area contributed by atoms with Gasteiger partial charge in [0, 0.05) is 11.1 Å². The highest BCUT2D eigenvalue weighted by atomic mass is 35.5. The van der Waals surface area contributed by atoms with Crippen LogP contribution in [0, 0.1) is 5.82 Å². The smallest absolute Gasteiger partial charge is 0.123 e. The standard InChI is InChI=1S/C15H13Cl3FN/c1-20-15(9-2-4-13(17)14(18)7-9)8-10-6-11(19)3-5-12(10)16/h2-7,15,20H,8H2,1H3. The van der Waals surface area contributed by atoms with Gasteiger partial charge < -0.3 is 5.32 Å². The van der Waals surface area contributed by atoms with Crippen molar-refractivity contribution in [3.05, 3.63) is 68.4 Å². The minimum atomic E-state index is -0.298. The van der Waals surface area contributed by atoms with Crippen molar-refractivity contribution in [2.75, 3.05) is 7.05 Å². The molecule has 0 amide bonds. The Balaban J connectivity index is 2.28. The molecule has 0 aliphatic rings. The molecule has 20 heavy (non-hydrogen) atoms. The van der Waals surface area contributed by atoms with Crippen LogP contribution in [0.2, 0.25) is 15.1 Å². The summed E-state index contributed by atoms with van der Waals surface area (Å²) in [4.78, 5) is 0. The van der Waals surface area contributed by atoms with Gasteiger partial charge in [0.2, 0.25) is 0 Å². The van der Waals surface area contributed by atoms with E-state index in [4.69, 9.17) is 34.8 Å². The van der Waals surface area contributed by atoms with Gasteiger partial charge in [-0.15, -0.1) is 0 Å². The Kier molecular flexibility index (Phi) is 5.28. The van der Waals surface area contributed by atoms with Crippen molar-refractivity contribution in [1.29, 1.82) is 0 Å². The molecule has 2 aromatic rings. The summed E-state index contributed by atoms with van der Waals surface area (Å²) in [5, 5.41) is 4.73. The van der Waals surface area contributed by atoms with Crippen molar-refractivity contribution in [2.45, 2.75) is 12.5 Å². The zero-order valence-corrected chi connectivity index (χ0v) is 13.0. The molecule has 0 spiro atoms. The molecule has 1 unspecified atom stereocenters. The Morgan fingerprint density at radius 2 is 1.70 bits per heavy atom. The van der Waals surface area contributed by atoms with E-state index >= 15 is 0 Å². The van der Waals surface area contributed by atoms with Crippen LogP contribution in [-0.4, -0.2) is 7.05 Å². The molecule has 1 atom stereocenters. The van der Waals surface area contributed by atoms with E-state index in [1.165, 1.54) is 12.1 Å². The van der Waals surface area contributed by atoms with Crippen molar-refractivity contribution in [3.8, 4) is 0 Å². The highest BCUT2D eigenvalue weighted by molar-refractivity contribution is 6.42. The summed E-state index contributed by atoms with van der Waals surface area (Å²) in [6.45, 7) is 0. The average molecular weight is 333 g/mol. The highest BCUT2D eigenvalue weighted by Gasteiger charge is 2.14. The van der Waals surface area contributed by atoms with Crippen LogP contribution in [0.15, 0.2) is 36.4 Å². The van der Waals surface area contributed by atoms with Crippen molar-refractivity contribution < 1.29 is 4.39 Å². The lowest BCUT2D eigenvalue weighted by atomic mass is 9.99. The van der Waals surface area contributed by atoms with Crippen LogP contribution in [0.1, 0.15) is 17.2 Å². The maximum atomic E-state index is 13.3. The molecule has 1 nitrogen and oxygen atoms in total. The van der Waals surface area contributed by atoms with Crippen molar-refractivity contribution in [1.82, 2.24) is 5.32 Å². The van der Waals surface area contributed by atoms with Crippen LogP contribution in [0.25, 0.3) is 0 Å². The molecule has 0 aromatic heterocycles. The molecule has 2 rings (SSSR count). The minimum Gasteiger partial charge on any atom is -0.313 e. The van der Waals surface area contributed by atoms with Crippen LogP contribution in [0.3, 0.4) is 0 Å². The summed E-state index contributed by atoms with van der Waals surface area (Å²) in [5.41, 5.74) is 1.72. The zero-order chi connectivity index (χ0) is 14.7. The lowest BCUT2D eigenvalue weighted by molar-refractivity contribution is 0.584. The van der Waals surface area contributed by atoms with E-state index in [9.17, 15) is 4.39 Å². The topological polar surface area (TPSA) is 12.0 Å². The first-order chi connectivity index (χ1) is 9.51. The third kappa shape index (κ3) is 3.64. The van der Waals surface area contributed by atoms with Crippen molar-refractivity contribution in [3.63, 3.8) is 0 Å². The number of rotatable bonds is 4. The molecule has 0 aliphatic heterocycles. The van der Waals surface area contributed by atoms with Crippen LogP contribution < -0.4 is 5.32 Å². The Morgan fingerprint density at radius 3 is 2.35 bits per heavy atom. The predicted octanol–water partition coefficient (Wildman–Crippen LogP) is 5.29. The molecule has 2 aromatic carbocycles. The summed E-state index contributed by atoms with van der Waals surface area (Å²) in [6, 6.07) is 9.78. The first kappa shape index (κ1) is 15.6. The molecule has 0 heterocycles. The second-order valence-electron chi connectivity index (χ2n) is 4.45. The molecule has 1 N–H and O–H groups in total. The van der Waals surface area contributed by atoms with Gasteiger partial charge >= 0.3 is 0 Å². The van der Waals surface area contributed by atoms with E-state index in [0.29, 0.717) is 21.5 Å². The van der Waals surface area contributed by atoms with Crippen LogP contribution in [0.5, 0.6) is 0 Å². The number of likely N-dealkylation sites (N-methyl/N-ethyl adjacent to an activating group) is 1. The van der Waals surface area contributed by atoms with Gasteiger partial charge in [-0.1, -0.05) is 40.9 Å². The Morgan fingerprint density at radius 1 is 1.00 bits per heavy atom. The van der Waals surface area contributed by atoms with E-state index in [-0.39, 0.29) is 11.9 Å². The summed E-state index contributed by atoms with van der Waals surface area (Å²) in [7, 11) is 1.83. The van der Waals surface area contributed by atoms with E-state index in [0.717, 1.165) is 11.1 Å². The number of benzene rings is 2. The van der Waals surface area contributed by atoms with Gasteiger partial charge in [0.15, 0.2) is 0 Å². The fourth-order valence-corrected chi connectivity index (χ4v) is 2.54. The molecular formula is C15H13Cl3FN. The summed E-state index contributed by atoms with van der Waals surface area (Å²) >= 11 is 18.0. The van der Waals surface area contributed by atoms with E-state index in [1.54, 1.807) is 18.2 Å². The third-order valence-electron chi connectivity index (χ3n) is 3.13. The normalized spacial score (nSPS) is 12.4. The average Bonchev–Trinajstić information content (AvgIpc) is 2.43. The number of hydrogen-bond acceptors (Lipinski definition) is 1. The molecule has 0 saturated heterocycles. The Hall–Kier alpha value is -0.800. The molecule has 0 aliphatic carbocycles. The monoisotopic (exact) mass is 331 g/mol. The van der Waals surface area contributed by atoms with Crippen LogP contribution >= 0.6 is 34.8 Å². The molecule has 0 saturated carbocycles. The van der Waals surface area contributed by atoms with Crippen LogP contribution in [0.4, 0.5) is 4.39 Å². The predicted molar refractivity (Wildman–Crippen MR) is 83.4 cm³/mol. The van der Waals surface area contributed by atoms with E-state index in [2.05, 4.69) is 5.32 Å². The van der Waals surface area contributed by atoms with Crippen molar-refractivity contribution in [2.24, 2.45) is 0 Å². The molecule has 5 heteroatoms.